The van der Waals surface area contributed by atoms with Crippen LogP contribution in [-0.4, -0.2) is 54.3 Å². The predicted octanol–water partition coefficient (Wildman–Crippen LogP) is 3.31. The maximum Gasteiger partial charge on any atom is 0.255 e. The van der Waals surface area contributed by atoms with E-state index in [9.17, 15) is 8.78 Å². The minimum absolute atomic E-state index is 0.256. The summed E-state index contributed by atoms with van der Waals surface area (Å²) in [6.07, 6.45) is 1.68. The Labute approximate surface area is 161 Å². The second-order valence-electron chi connectivity index (χ2n) is 6.41. The third-order valence-corrected chi connectivity index (χ3v) is 4.53. The molecule has 8 heteroatoms. The zero-order valence-electron chi connectivity index (χ0n) is 15.2. The summed E-state index contributed by atoms with van der Waals surface area (Å²) >= 11 is 0. The van der Waals surface area contributed by atoms with Gasteiger partial charge in [0.1, 0.15) is 0 Å². The van der Waals surface area contributed by atoms with Crippen molar-refractivity contribution >= 4 is 22.5 Å². The molecule has 0 aliphatic carbocycles. The highest BCUT2D eigenvalue weighted by atomic mass is 19.2. The molecule has 0 N–H and O–H groups in total. The van der Waals surface area contributed by atoms with Crippen LogP contribution in [0.5, 0.6) is 0 Å². The van der Waals surface area contributed by atoms with E-state index in [1.165, 1.54) is 11.1 Å². The molecule has 0 radical (unpaired) electrons. The first-order valence-electron chi connectivity index (χ1n) is 9.11. The zero-order chi connectivity index (χ0) is 19.3. The van der Waals surface area contributed by atoms with Crippen LogP contribution in [-0.2, 0) is 9.57 Å². The number of ether oxygens (including phenoxy) is 1. The van der Waals surface area contributed by atoms with Crippen LogP contribution in [0.15, 0.2) is 48.7 Å². The lowest BCUT2D eigenvalue weighted by molar-refractivity contribution is 0.0200. The highest BCUT2D eigenvalue weighted by Gasteiger charge is 2.18. The lowest BCUT2D eigenvalue weighted by Crippen LogP contribution is -2.39. The Morgan fingerprint density at radius 2 is 1.89 bits per heavy atom. The topological polar surface area (TPSA) is 50.7 Å². The average Bonchev–Trinajstić information content (AvgIpc) is 2.74. The van der Waals surface area contributed by atoms with E-state index in [2.05, 4.69) is 14.9 Å². The molecule has 1 fully saturated rings. The van der Waals surface area contributed by atoms with Gasteiger partial charge < -0.3 is 4.74 Å². The summed E-state index contributed by atoms with van der Waals surface area (Å²) < 4.78 is 32.5. The summed E-state index contributed by atoms with van der Waals surface area (Å²) in [4.78, 5) is 17.0. The van der Waals surface area contributed by atoms with E-state index in [0.717, 1.165) is 36.1 Å². The summed E-state index contributed by atoms with van der Waals surface area (Å²) in [5, 5.41) is 2.22. The van der Waals surface area contributed by atoms with Gasteiger partial charge in [0.2, 0.25) is 0 Å². The monoisotopic (exact) mass is 386 g/mol. The summed E-state index contributed by atoms with van der Waals surface area (Å²) in [5.74, 6) is -1.62. The van der Waals surface area contributed by atoms with Gasteiger partial charge in [0, 0.05) is 37.3 Å². The Morgan fingerprint density at radius 3 is 2.71 bits per heavy atom. The van der Waals surface area contributed by atoms with Crippen LogP contribution in [0.2, 0.25) is 0 Å². The van der Waals surface area contributed by atoms with E-state index in [0.29, 0.717) is 32.1 Å². The van der Waals surface area contributed by atoms with Crippen molar-refractivity contribution in [3.05, 3.63) is 60.3 Å². The molecule has 3 aromatic rings. The first kappa shape index (κ1) is 18.7. The Morgan fingerprint density at radius 1 is 1.07 bits per heavy atom. The molecule has 28 heavy (non-hydrogen) atoms. The zero-order valence-corrected chi connectivity index (χ0v) is 15.2. The van der Waals surface area contributed by atoms with Gasteiger partial charge in [-0.3, -0.25) is 9.74 Å². The maximum absolute atomic E-state index is 13.8. The van der Waals surface area contributed by atoms with Gasteiger partial charge in [0.05, 0.1) is 31.0 Å². The van der Waals surface area contributed by atoms with Crippen molar-refractivity contribution < 1.29 is 18.4 Å². The van der Waals surface area contributed by atoms with Crippen LogP contribution in [0.1, 0.15) is 0 Å². The average molecular weight is 386 g/mol. The molecule has 2 heterocycles. The number of rotatable bonds is 6. The first-order chi connectivity index (χ1) is 13.7. The summed E-state index contributed by atoms with van der Waals surface area (Å²) in [7, 11) is 0. The molecule has 0 spiro atoms. The Bertz CT molecular complexity index is 950. The predicted molar refractivity (Wildman–Crippen MR) is 101 cm³/mol. The fourth-order valence-electron chi connectivity index (χ4n) is 3.01. The Hall–Kier alpha value is -2.68. The van der Waals surface area contributed by atoms with Gasteiger partial charge in [-0.1, -0.05) is 18.2 Å². The molecule has 0 atom stereocenters. The Kier molecular flexibility index (Phi) is 5.70. The summed E-state index contributed by atoms with van der Waals surface area (Å²) in [5.41, 5.74) is 1.05. The molecule has 1 aromatic heterocycles. The summed E-state index contributed by atoms with van der Waals surface area (Å²) in [6.45, 7) is 4.08. The standard InChI is InChI=1S/C20H20F2N4O2/c21-17-6-5-16(13-18(17)22)26(28-12-9-25-7-10-27-11-8-25)20-23-14-15-3-1-2-4-19(15)24-20/h1-6,13-14H,7-12H2. The van der Waals surface area contributed by atoms with Crippen molar-refractivity contribution in [3.63, 3.8) is 0 Å². The lowest BCUT2D eigenvalue weighted by atomic mass is 10.2. The van der Waals surface area contributed by atoms with E-state index < -0.39 is 11.6 Å². The third-order valence-electron chi connectivity index (χ3n) is 4.53. The van der Waals surface area contributed by atoms with Crippen LogP contribution in [0.25, 0.3) is 10.9 Å². The van der Waals surface area contributed by atoms with Crippen LogP contribution >= 0.6 is 0 Å². The number of benzene rings is 2. The molecule has 4 rings (SSSR count). The fraction of sp³-hybridized carbons (Fsp3) is 0.300. The first-order valence-corrected chi connectivity index (χ1v) is 9.11. The van der Waals surface area contributed by atoms with Gasteiger partial charge in [-0.2, -0.15) is 5.06 Å². The van der Waals surface area contributed by atoms with E-state index >= 15 is 0 Å². The molecule has 1 aliphatic heterocycles. The van der Waals surface area contributed by atoms with Crippen molar-refractivity contribution in [2.45, 2.75) is 0 Å². The van der Waals surface area contributed by atoms with E-state index in [4.69, 9.17) is 9.57 Å². The number of fused-ring (bicyclic) bond motifs is 1. The van der Waals surface area contributed by atoms with Crippen molar-refractivity contribution in [2.75, 3.05) is 44.5 Å². The van der Waals surface area contributed by atoms with Gasteiger partial charge in [-0.25, -0.2) is 18.7 Å². The number of halogens is 2. The highest BCUT2D eigenvalue weighted by Crippen LogP contribution is 2.25. The fourth-order valence-corrected chi connectivity index (χ4v) is 3.01. The molecule has 2 aromatic carbocycles. The minimum Gasteiger partial charge on any atom is -0.379 e. The normalized spacial score (nSPS) is 15.1. The van der Waals surface area contributed by atoms with E-state index in [-0.39, 0.29) is 5.95 Å². The van der Waals surface area contributed by atoms with E-state index in [1.807, 2.05) is 24.3 Å². The Balaban J connectivity index is 1.58. The third kappa shape index (κ3) is 4.24. The second-order valence-corrected chi connectivity index (χ2v) is 6.41. The molecule has 0 saturated carbocycles. The van der Waals surface area contributed by atoms with Gasteiger partial charge in [-0.15, -0.1) is 0 Å². The second kappa shape index (κ2) is 8.55. The molecule has 1 saturated heterocycles. The number of nitrogens with zero attached hydrogens (tertiary/aromatic N) is 4. The smallest absolute Gasteiger partial charge is 0.255 e. The number of para-hydroxylation sites is 1. The molecular weight excluding hydrogens is 366 g/mol. The van der Waals surface area contributed by atoms with Crippen LogP contribution in [0.4, 0.5) is 20.4 Å². The molecule has 1 aliphatic rings. The highest BCUT2D eigenvalue weighted by molar-refractivity contribution is 5.78. The molecule has 146 valence electrons. The lowest BCUT2D eigenvalue weighted by Gasteiger charge is -2.28. The van der Waals surface area contributed by atoms with Crippen LogP contribution in [0, 0.1) is 11.6 Å². The molecule has 0 amide bonds. The largest absolute Gasteiger partial charge is 0.379 e. The minimum atomic E-state index is -0.958. The van der Waals surface area contributed by atoms with Crippen molar-refractivity contribution in [1.82, 2.24) is 14.9 Å². The van der Waals surface area contributed by atoms with Gasteiger partial charge in [0.25, 0.3) is 5.95 Å². The number of hydrogen-bond acceptors (Lipinski definition) is 6. The molecule has 0 unspecified atom stereocenters. The number of hydrogen-bond donors (Lipinski definition) is 0. The van der Waals surface area contributed by atoms with Crippen molar-refractivity contribution in [3.8, 4) is 0 Å². The molecule has 6 nitrogen and oxygen atoms in total. The molecule has 0 bridgehead atoms. The van der Waals surface area contributed by atoms with Gasteiger partial charge in [0.15, 0.2) is 11.6 Å². The van der Waals surface area contributed by atoms with Crippen LogP contribution < -0.4 is 5.06 Å². The maximum atomic E-state index is 13.8. The van der Waals surface area contributed by atoms with Crippen molar-refractivity contribution in [1.29, 1.82) is 0 Å². The molecular formula is C20H20F2N4O2. The number of aromatic nitrogens is 2. The van der Waals surface area contributed by atoms with E-state index in [1.54, 1.807) is 6.20 Å². The van der Waals surface area contributed by atoms with Gasteiger partial charge >= 0.3 is 0 Å². The quantitative estimate of drug-likeness (QED) is 0.606. The van der Waals surface area contributed by atoms with Crippen LogP contribution in [0.3, 0.4) is 0 Å². The van der Waals surface area contributed by atoms with Crippen molar-refractivity contribution in [2.24, 2.45) is 0 Å². The number of morpholine rings is 1. The number of anilines is 2. The summed E-state index contributed by atoms with van der Waals surface area (Å²) in [6, 6.07) is 11.1. The SMILES string of the molecule is Fc1ccc(N(OCCN2CCOCC2)c2ncc3ccccc3n2)cc1F. The van der Waals surface area contributed by atoms with Gasteiger partial charge in [-0.05, 0) is 18.2 Å².